The summed E-state index contributed by atoms with van der Waals surface area (Å²) in [6.07, 6.45) is 0.572. The van der Waals surface area contributed by atoms with Crippen LogP contribution >= 0.6 is 0 Å². The lowest BCUT2D eigenvalue weighted by molar-refractivity contribution is -0.141. The second-order valence-electron chi connectivity index (χ2n) is 8.42. The molecule has 1 aliphatic heterocycles. The maximum atomic E-state index is 12.0. The van der Waals surface area contributed by atoms with Gasteiger partial charge in [0.1, 0.15) is 5.60 Å². The number of hydrogen-bond donors (Lipinski definition) is 2. The van der Waals surface area contributed by atoms with Gasteiger partial charge in [0.2, 0.25) is 0 Å². The lowest BCUT2D eigenvalue weighted by atomic mass is 9.85. The lowest BCUT2D eigenvalue weighted by Gasteiger charge is -2.50. The Hall–Kier alpha value is -1.30. The fourth-order valence-electron chi connectivity index (χ4n) is 2.42. The third kappa shape index (κ3) is 6.22. The third-order valence-electron chi connectivity index (χ3n) is 3.50. The first-order valence-corrected chi connectivity index (χ1v) is 7.77. The van der Waals surface area contributed by atoms with Crippen molar-refractivity contribution in [3.8, 4) is 0 Å². The van der Waals surface area contributed by atoms with Crippen LogP contribution in [0, 0.1) is 5.41 Å². The van der Waals surface area contributed by atoms with E-state index < -0.39 is 17.1 Å². The Balaban J connectivity index is 2.56. The minimum Gasteiger partial charge on any atom is -0.481 e. The first-order valence-electron chi connectivity index (χ1n) is 7.77. The summed E-state index contributed by atoms with van der Waals surface area (Å²) in [7, 11) is 0. The van der Waals surface area contributed by atoms with Crippen LogP contribution in [0.2, 0.25) is 0 Å². The van der Waals surface area contributed by atoms with Crippen LogP contribution in [0.3, 0.4) is 0 Å². The summed E-state index contributed by atoms with van der Waals surface area (Å²) < 4.78 is 5.31. The smallest absolute Gasteiger partial charge is 0.410 e. The molecular weight excluding hydrogens is 284 g/mol. The van der Waals surface area contributed by atoms with Gasteiger partial charge in [0.15, 0.2) is 0 Å². The number of nitrogens with zero attached hydrogens (tertiary/aromatic N) is 1. The van der Waals surface area contributed by atoms with Crippen molar-refractivity contribution >= 4 is 12.1 Å². The molecule has 0 aromatic carbocycles. The maximum Gasteiger partial charge on any atom is 0.410 e. The standard InChI is InChI=1S/C16H30N2O4/c1-14(2,3)7-8-17-16(9-12(19)20)10-18(11-16)13(21)22-15(4,5)6/h17H,7-11H2,1-6H3,(H,19,20). The van der Waals surface area contributed by atoms with Gasteiger partial charge in [-0.3, -0.25) is 4.79 Å². The van der Waals surface area contributed by atoms with Gasteiger partial charge in [-0.05, 0) is 39.2 Å². The molecule has 1 rings (SSSR count). The molecule has 0 aromatic heterocycles. The summed E-state index contributed by atoms with van der Waals surface area (Å²) in [5, 5.41) is 12.4. The SMILES string of the molecule is CC(C)(C)CCNC1(CC(=O)O)CN(C(=O)OC(C)(C)C)C1. The Labute approximate surface area is 133 Å². The van der Waals surface area contributed by atoms with Gasteiger partial charge in [0.05, 0.1) is 12.0 Å². The Bertz CT molecular complexity index is 415. The number of carboxylic acids is 1. The number of aliphatic carboxylic acids is 1. The molecule has 0 atom stereocenters. The summed E-state index contributed by atoms with van der Waals surface area (Å²) in [5.74, 6) is -0.855. The Kier molecular flexibility index (Phi) is 5.49. The summed E-state index contributed by atoms with van der Waals surface area (Å²) in [5.41, 5.74) is -0.887. The molecule has 1 aliphatic rings. The molecular formula is C16H30N2O4. The molecule has 128 valence electrons. The molecule has 0 aromatic rings. The first kappa shape index (κ1) is 18.7. The van der Waals surface area contributed by atoms with Gasteiger partial charge in [-0.25, -0.2) is 4.79 Å². The van der Waals surface area contributed by atoms with Gasteiger partial charge in [0.25, 0.3) is 0 Å². The molecule has 6 heteroatoms. The minimum absolute atomic E-state index is 0.0104. The molecule has 0 bridgehead atoms. The summed E-state index contributed by atoms with van der Waals surface area (Å²) in [4.78, 5) is 24.6. The molecule has 6 nitrogen and oxygen atoms in total. The molecule has 1 saturated heterocycles. The van der Waals surface area contributed by atoms with Crippen LogP contribution < -0.4 is 5.32 Å². The van der Waals surface area contributed by atoms with Crippen LogP contribution in [-0.4, -0.2) is 52.8 Å². The van der Waals surface area contributed by atoms with Crippen molar-refractivity contribution in [1.29, 1.82) is 0 Å². The Morgan fingerprint density at radius 3 is 2.14 bits per heavy atom. The number of carbonyl (C=O) groups is 2. The van der Waals surface area contributed by atoms with E-state index in [1.54, 1.807) is 4.90 Å². The topological polar surface area (TPSA) is 78.9 Å². The largest absolute Gasteiger partial charge is 0.481 e. The Morgan fingerprint density at radius 2 is 1.73 bits per heavy atom. The molecule has 1 heterocycles. The summed E-state index contributed by atoms with van der Waals surface area (Å²) >= 11 is 0. The summed E-state index contributed by atoms with van der Waals surface area (Å²) in [6.45, 7) is 13.4. The number of rotatable bonds is 5. The maximum absolute atomic E-state index is 12.0. The van der Waals surface area contributed by atoms with Gasteiger partial charge < -0.3 is 20.1 Å². The zero-order valence-electron chi connectivity index (χ0n) is 14.7. The van der Waals surface area contributed by atoms with E-state index in [1.807, 2.05) is 20.8 Å². The zero-order chi connectivity index (χ0) is 17.2. The van der Waals surface area contributed by atoms with Crippen molar-refractivity contribution in [2.45, 2.75) is 65.5 Å². The van der Waals surface area contributed by atoms with Crippen molar-refractivity contribution in [3.05, 3.63) is 0 Å². The van der Waals surface area contributed by atoms with Gasteiger partial charge in [-0.2, -0.15) is 0 Å². The molecule has 0 saturated carbocycles. The van der Waals surface area contributed by atoms with Crippen molar-refractivity contribution in [3.63, 3.8) is 0 Å². The number of ether oxygens (including phenoxy) is 1. The number of amides is 1. The van der Waals surface area contributed by atoms with Crippen LogP contribution in [0.25, 0.3) is 0 Å². The van der Waals surface area contributed by atoms with E-state index in [0.717, 1.165) is 13.0 Å². The van der Waals surface area contributed by atoms with E-state index >= 15 is 0 Å². The second-order valence-corrected chi connectivity index (χ2v) is 8.42. The lowest BCUT2D eigenvalue weighted by Crippen LogP contribution is -2.71. The predicted octanol–water partition coefficient (Wildman–Crippen LogP) is 2.48. The molecule has 0 aliphatic carbocycles. The van der Waals surface area contributed by atoms with Gasteiger partial charge >= 0.3 is 12.1 Å². The van der Waals surface area contributed by atoms with Crippen LogP contribution in [0.15, 0.2) is 0 Å². The highest BCUT2D eigenvalue weighted by atomic mass is 16.6. The monoisotopic (exact) mass is 314 g/mol. The van der Waals surface area contributed by atoms with E-state index in [0.29, 0.717) is 13.1 Å². The molecule has 0 unspecified atom stereocenters. The average Bonchev–Trinajstić information content (AvgIpc) is 2.19. The van der Waals surface area contributed by atoms with E-state index in [1.165, 1.54) is 0 Å². The third-order valence-corrected chi connectivity index (χ3v) is 3.50. The highest BCUT2D eigenvalue weighted by Gasteiger charge is 2.47. The van der Waals surface area contributed by atoms with Gasteiger partial charge in [-0.1, -0.05) is 20.8 Å². The van der Waals surface area contributed by atoms with Gasteiger partial charge in [-0.15, -0.1) is 0 Å². The van der Waals surface area contributed by atoms with Crippen molar-refractivity contribution in [1.82, 2.24) is 10.2 Å². The molecule has 2 N–H and O–H groups in total. The van der Waals surface area contributed by atoms with E-state index in [2.05, 4.69) is 26.1 Å². The zero-order valence-corrected chi connectivity index (χ0v) is 14.7. The number of hydrogen-bond acceptors (Lipinski definition) is 4. The Morgan fingerprint density at radius 1 is 1.18 bits per heavy atom. The second kappa shape index (κ2) is 6.44. The highest BCUT2D eigenvalue weighted by Crippen LogP contribution is 2.27. The molecule has 22 heavy (non-hydrogen) atoms. The van der Waals surface area contributed by atoms with Crippen LogP contribution in [0.1, 0.15) is 54.4 Å². The average molecular weight is 314 g/mol. The predicted molar refractivity (Wildman–Crippen MR) is 84.9 cm³/mol. The van der Waals surface area contributed by atoms with E-state index in [9.17, 15) is 9.59 Å². The normalized spacial score (nSPS) is 17.8. The molecule has 1 amide bonds. The van der Waals surface area contributed by atoms with Crippen molar-refractivity contribution < 1.29 is 19.4 Å². The molecule has 0 radical (unpaired) electrons. The minimum atomic E-state index is -0.855. The van der Waals surface area contributed by atoms with Crippen molar-refractivity contribution in [2.24, 2.45) is 5.41 Å². The highest BCUT2D eigenvalue weighted by molar-refractivity contribution is 5.73. The van der Waals surface area contributed by atoms with Crippen LogP contribution in [0.5, 0.6) is 0 Å². The van der Waals surface area contributed by atoms with Crippen molar-refractivity contribution in [2.75, 3.05) is 19.6 Å². The summed E-state index contributed by atoms with van der Waals surface area (Å²) in [6, 6.07) is 0. The van der Waals surface area contributed by atoms with Gasteiger partial charge in [0, 0.05) is 13.1 Å². The number of carbonyl (C=O) groups excluding carboxylic acids is 1. The number of carboxylic acid groups (broad SMARTS) is 1. The first-order chi connectivity index (χ1) is 9.82. The van der Waals surface area contributed by atoms with E-state index in [4.69, 9.17) is 9.84 Å². The van der Waals surface area contributed by atoms with Crippen LogP contribution in [-0.2, 0) is 9.53 Å². The number of likely N-dealkylation sites (tertiary alicyclic amines) is 1. The fraction of sp³-hybridized carbons (Fsp3) is 0.875. The molecule has 1 fully saturated rings. The fourth-order valence-corrected chi connectivity index (χ4v) is 2.42. The van der Waals surface area contributed by atoms with Crippen LogP contribution in [0.4, 0.5) is 4.79 Å². The van der Waals surface area contributed by atoms with E-state index in [-0.39, 0.29) is 17.9 Å². The number of nitrogens with one attached hydrogen (secondary N) is 1. The quantitative estimate of drug-likeness (QED) is 0.815. The molecule has 0 spiro atoms.